The van der Waals surface area contributed by atoms with Crippen LogP contribution >= 0.6 is 11.3 Å². The monoisotopic (exact) mass is 382 g/mol. The van der Waals surface area contributed by atoms with Crippen LogP contribution in [-0.2, 0) is 19.5 Å². The van der Waals surface area contributed by atoms with Crippen LogP contribution in [0.2, 0.25) is 0 Å². The van der Waals surface area contributed by atoms with Crippen molar-refractivity contribution < 1.29 is 9.32 Å². The van der Waals surface area contributed by atoms with E-state index in [0.717, 1.165) is 6.54 Å². The summed E-state index contributed by atoms with van der Waals surface area (Å²) in [6.45, 7) is 3.52. The number of aromatic nitrogens is 2. The van der Waals surface area contributed by atoms with E-state index >= 15 is 0 Å². The summed E-state index contributed by atoms with van der Waals surface area (Å²) in [7, 11) is 0. The van der Waals surface area contributed by atoms with E-state index in [9.17, 15) is 4.79 Å². The zero-order valence-corrected chi connectivity index (χ0v) is 15.9. The number of thiophene rings is 1. The van der Waals surface area contributed by atoms with Crippen LogP contribution < -0.4 is 5.32 Å². The first kappa shape index (κ1) is 17.9. The summed E-state index contributed by atoms with van der Waals surface area (Å²) in [5.41, 5.74) is 1.88. The van der Waals surface area contributed by atoms with Gasteiger partial charge < -0.3 is 9.84 Å². The molecule has 27 heavy (non-hydrogen) atoms. The van der Waals surface area contributed by atoms with Crippen molar-refractivity contribution in [3.8, 4) is 0 Å². The Morgan fingerprint density at radius 1 is 1.19 bits per heavy atom. The van der Waals surface area contributed by atoms with E-state index in [-0.39, 0.29) is 12.5 Å². The number of hydrogen-bond acceptors (Lipinski definition) is 6. The highest BCUT2D eigenvalue weighted by Crippen LogP contribution is 2.14. The predicted octanol–water partition coefficient (Wildman–Crippen LogP) is 3.25. The van der Waals surface area contributed by atoms with Crippen molar-refractivity contribution in [3.63, 3.8) is 0 Å². The minimum absolute atomic E-state index is 0.138. The second-order valence-corrected chi connectivity index (χ2v) is 7.76. The summed E-state index contributed by atoms with van der Waals surface area (Å²) in [6.07, 6.45) is 3.21. The van der Waals surface area contributed by atoms with Crippen molar-refractivity contribution in [1.82, 2.24) is 20.4 Å². The van der Waals surface area contributed by atoms with Gasteiger partial charge in [0.1, 0.15) is 0 Å². The fraction of sp³-hybridized carbons (Fsp3) is 0.350. The molecule has 0 radical (unpaired) electrons. The van der Waals surface area contributed by atoms with Crippen molar-refractivity contribution in [3.05, 3.63) is 69.5 Å². The Labute approximate surface area is 162 Å². The van der Waals surface area contributed by atoms with Crippen molar-refractivity contribution >= 4 is 17.2 Å². The van der Waals surface area contributed by atoms with Gasteiger partial charge in [-0.25, -0.2) is 0 Å². The Morgan fingerprint density at radius 2 is 2.00 bits per heavy atom. The molecule has 0 saturated carbocycles. The smallest absolute Gasteiger partial charge is 0.251 e. The van der Waals surface area contributed by atoms with Crippen LogP contribution in [0.25, 0.3) is 0 Å². The highest BCUT2D eigenvalue weighted by Gasteiger charge is 2.13. The van der Waals surface area contributed by atoms with E-state index in [1.807, 2.05) is 41.8 Å². The Morgan fingerprint density at radius 3 is 2.74 bits per heavy atom. The average molecular weight is 382 g/mol. The number of hydrogen-bond donors (Lipinski definition) is 1. The summed E-state index contributed by atoms with van der Waals surface area (Å²) >= 11 is 1.66. The minimum Gasteiger partial charge on any atom is -0.343 e. The molecule has 1 aliphatic heterocycles. The first-order valence-electron chi connectivity index (χ1n) is 9.19. The van der Waals surface area contributed by atoms with Gasteiger partial charge in [0.05, 0.1) is 6.54 Å². The Balaban J connectivity index is 1.28. The van der Waals surface area contributed by atoms with E-state index in [2.05, 4.69) is 20.4 Å². The van der Waals surface area contributed by atoms with Crippen molar-refractivity contribution in [1.29, 1.82) is 0 Å². The standard InChI is InChI=1S/C20H22N4O2S/c25-20(16-7-5-15(6-8-16)14-24-9-1-2-10-24)21-13-19-22-18(23-26-19)12-17-4-3-11-27-17/h3-8,11H,1-2,9-10,12-14H2,(H,21,25). The van der Waals surface area contributed by atoms with Crippen LogP contribution in [0.1, 0.15) is 45.4 Å². The molecule has 6 nitrogen and oxygen atoms in total. The van der Waals surface area contributed by atoms with Gasteiger partial charge in [-0.3, -0.25) is 9.69 Å². The van der Waals surface area contributed by atoms with Gasteiger partial charge in [0, 0.05) is 23.4 Å². The van der Waals surface area contributed by atoms with Crippen molar-refractivity contribution in [2.75, 3.05) is 13.1 Å². The maximum absolute atomic E-state index is 12.3. The molecule has 1 saturated heterocycles. The molecule has 3 aromatic rings. The zero-order valence-electron chi connectivity index (χ0n) is 15.1. The van der Waals surface area contributed by atoms with E-state index in [1.54, 1.807) is 11.3 Å². The lowest BCUT2D eigenvalue weighted by Gasteiger charge is -2.14. The van der Waals surface area contributed by atoms with Gasteiger partial charge in [-0.15, -0.1) is 11.3 Å². The van der Waals surface area contributed by atoms with Crippen LogP contribution in [-0.4, -0.2) is 34.0 Å². The van der Waals surface area contributed by atoms with Crippen LogP contribution in [0.15, 0.2) is 46.3 Å². The number of likely N-dealkylation sites (tertiary alicyclic amines) is 1. The normalized spacial score (nSPS) is 14.5. The van der Waals surface area contributed by atoms with Gasteiger partial charge in [-0.2, -0.15) is 4.98 Å². The van der Waals surface area contributed by atoms with Crippen LogP contribution in [0.3, 0.4) is 0 Å². The van der Waals surface area contributed by atoms with E-state index in [4.69, 9.17) is 4.52 Å². The Kier molecular flexibility index (Phi) is 5.60. The van der Waals surface area contributed by atoms with Crippen LogP contribution in [0.4, 0.5) is 0 Å². The Hall–Kier alpha value is -2.51. The third kappa shape index (κ3) is 4.81. The second-order valence-electron chi connectivity index (χ2n) is 6.72. The maximum Gasteiger partial charge on any atom is 0.251 e. The van der Waals surface area contributed by atoms with Crippen molar-refractivity contribution in [2.24, 2.45) is 0 Å². The average Bonchev–Trinajstić information content (AvgIpc) is 3.44. The van der Waals surface area contributed by atoms with E-state index < -0.39 is 0 Å². The lowest BCUT2D eigenvalue weighted by Crippen LogP contribution is -2.23. The number of rotatable bonds is 7. The molecule has 0 aliphatic carbocycles. The fourth-order valence-corrected chi connectivity index (χ4v) is 3.92. The molecule has 0 atom stereocenters. The predicted molar refractivity (Wildman–Crippen MR) is 104 cm³/mol. The van der Waals surface area contributed by atoms with Gasteiger partial charge in [-0.05, 0) is 55.1 Å². The number of benzene rings is 1. The number of nitrogens with zero attached hydrogens (tertiary/aromatic N) is 3. The molecule has 1 aromatic carbocycles. The molecule has 1 N–H and O–H groups in total. The molecule has 2 aromatic heterocycles. The van der Waals surface area contributed by atoms with Gasteiger partial charge in [0.15, 0.2) is 5.82 Å². The summed E-state index contributed by atoms with van der Waals surface area (Å²) < 4.78 is 5.22. The molecule has 7 heteroatoms. The largest absolute Gasteiger partial charge is 0.343 e. The molecular formula is C20H22N4O2S. The minimum atomic E-state index is -0.138. The summed E-state index contributed by atoms with van der Waals surface area (Å²) in [4.78, 5) is 20.3. The third-order valence-corrected chi connectivity index (χ3v) is 5.52. The van der Waals surface area contributed by atoms with Gasteiger partial charge in [0.25, 0.3) is 5.91 Å². The number of nitrogens with one attached hydrogen (secondary N) is 1. The molecule has 4 rings (SSSR count). The van der Waals surface area contributed by atoms with Crippen LogP contribution in [0, 0.1) is 0 Å². The zero-order chi connectivity index (χ0) is 18.5. The van der Waals surface area contributed by atoms with Crippen molar-refractivity contribution in [2.45, 2.75) is 32.4 Å². The molecule has 0 unspecified atom stereocenters. The number of carbonyl (C=O) groups is 1. The molecule has 0 spiro atoms. The molecule has 140 valence electrons. The first-order valence-corrected chi connectivity index (χ1v) is 10.1. The Bertz CT molecular complexity index is 868. The highest BCUT2D eigenvalue weighted by molar-refractivity contribution is 7.09. The van der Waals surface area contributed by atoms with Gasteiger partial charge in [0.2, 0.25) is 5.89 Å². The molecule has 1 aliphatic rings. The summed E-state index contributed by atoms with van der Waals surface area (Å²) in [6, 6.07) is 11.8. The lowest BCUT2D eigenvalue weighted by atomic mass is 10.1. The van der Waals surface area contributed by atoms with E-state index in [1.165, 1.54) is 36.4 Å². The molecule has 1 amide bonds. The molecule has 3 heterocycles. The number of carbonyl (C=O) groups excluding carboxylic acids is 1. The topological polar surface area (TPSA) is 71.3 Å². The number of amides is 1. The highest BCUT2D eigenvalue weighted by atomic mass is 32.1. The molecule has 0 bridgehead atoms. The van der Waals surface area contributed by atoms with Gasteiger partial charge >= 0.3 is 0 Å². The lowest BCUT2D eigenvalue weighted by molar-refractivity contribution is 0.0946. The maximum atomic E-state index is 12.3. The van der Waals surface area contributed by atoms with E-state index in [0.29, 0.717) is 23.7 Å². The third-order valence-electron chi connectivity index (χ3n) is 4.64. The summed E-state index contributed by atoms with van der Waals surface area (Å²) in [5, 5.41) is 8.82. The SMILES string of the molecule is O=C(NCc1nc(Cc2cccs2)no1)c1ccc(CN2CCCC2)cc1. The van der Waals surface area contributed by atoms with Crippen LogP contribution in [0.5, 0.6) is 0 Å². The first-order chi connectivity index (χ1) is 13.3. The van der Waals surface area contributed by atoms with Gasteiger partial charge in [-0.1, -0.05) is 23.4 Å². The summed E-state index contributed by atoms with van der Waals surface area (Å²) in [5.74, 6) is 0.911. The second kappa shape index (κ2) is 8.45. The quantitative estimate of drug-likeness (QED) is 0.679. The fourth-order valence-electron chi connectivity index (χ4n) is 3.22. The molecular weight excluding hydrogens is 360 g/mol. The molecule has 1 fully saturated rings.